The van der Waals surface area contributed by atoms with Gasteiger partial charge in [0.25, 0.3) is 5.91 Å². The molecule has 0 fully saturated rings. The fourth-order valence-electron chi connectivity index (χ4n) is 4.28. The SMILES string of the molecule is CNC(=O)c1ccc(CC(CN(CC(=O)O)C(C)CCCCCCC(=O)O)N(CC(=O)O)CC(=O)O)cc1. The molecule has 212 valence electrons. The van der Waals surface area contributed by atoms with Crippen LogP contribution < -0.4 is 5.32 Å². The van der Waals surface area contributed by atoms with Gasteiger partial charge in [-0.25, -0.2) is 0 Å². The summed E-state index contributed by atoms with van der Waals surface area (Å²) in [6.07, 6.45) is 3.87. The van der Waals surface area contributed by atoms with E-state index in [4.69, 9.17) is 5.11 Å². The maximum absolute atomic E-state index is 11.9. The summed E-state index contributed by atoms with van der Waals surface area (Å²) in [6.45, 7) is 0.608. The molecule has 0 aliphatic carbocycles. The molecule has 0 aliphatic heterocycles. The summed E-state index contributed by atoms with van der Waals surface area (Å²) in [5.74, 6) is -4.57. The summed E-state index contributed by atoms with van der Waals surface area (Å²) < 4.78 is 0. The van der Waals surface area contributed by atoms with E-state index in [2.05, 4.69) is 5.32 Å². The van der Waals surface area contributed by atoms with Gasteiger partial charge in [0, 0.05) is 37.7 Å². The number of benzene rings is 1. The molecule has 12 heteroatoms. The van der Waals surface area contributed by atoms with Gasteiger partial charge in [-0.1, -0.05) is 31.4 Å². The fraction of sp³-hybridized carbons (Fsp3) is 0.577. The van der Waals surface area contributed by atoms with Crippen molar-refractivity contribution in [3.05, 3.63) is 35.4 Å². The highest BCUT2D eigenvalue weighted by molar-refractivity contribution is 5.93. The summed E-state index contributed by atoms with van der Waals surface area (Å²) in [4.78, 5) is 60.3. The first-order valence-corrected chi connectivity index (χ1v) is 12.6. The second kappa shape index (κ2) is 17.1. The molecule has 1 amide bonds. The number of carboxylic acids is 4. The highest BCUT2D eigenvalue weighted by Gasteiger charge is 2.28. The van der Waals surface area contributed by atoms with Gasteiger partial charge in [-0.2, -0.15) is 0 Å². The molecule has 12 nitrogen and oxygen atoms in total. The third-order valence-corrected chi connectivity index (χ3v) is 6.28. The zero-order chi connectivity index (χ0) is 28.7. The molecule has 0 heterocycles. The molecule has 5 N–H and O–H groups in total. The Morgan fingerprint density at radius 3 is 1.79 bits per heavy atom. The fourth-order valence-corrected chi connectivity index (χ4v) is 4.28. The lowest BCUT2D eigenvalue weighted by atomic mass is 10.0. The van der Waals surface area contributed by atoms with Gasteiger partial charge in [-0.3, -0.25) is 33.8 Å². The molecular formula is C26H39N3O9. The van der Waals surface area contributed by atoms with Crippen molar-refractivity contribution >= 4 is 29.8 Å². The second-order valence-electron chi connectivity index (χ2n) is 9.35. The zero-order valence-electron chi connectivity index (χ0n) is 22.0. The topological polar surface area (TPSA) is 185 Å². The Labute approximate surface area is 222 Å². The van der Waals surface area contributed by atoms with E-state index < -0.39 is 43.0 Å². The number of nitrogens with one attached hydrogen (secondary N) is 1. The first kappa shape index (κ1) is 32.5. The third kappa shape index (κ3) is 13.2. The Hall–Kier alpha value is -3.51. The van der Waals surface area contributed by atoms with E-state index in [0.717, 1.165) is 24.8 Å². The Kier molecular flexibility index (Phi) is 14.6. The lowest BCUT2D eigenvalue weighted by Gasteiger charge is -2.36. The van der Waals surface area contributed by atoms with Gasteiger partial charge < -0.3 is 25.7 Å². The molecular weight excluding hydrogens is 498 g/mol. The minimum absolute atomic E-state index is 0.107. The number of amides is 1. The Balaban J connectivity index is 3.09. The van der Waals surface area contributed by atoms with Crippen molar-refractivity contribution in [3.63, 3.8) is 0 Å². The summed E-state index contributed by atoms with van der Waals surface area (Å²) >= 11 is 0. The van der Waals surface area contributed by atoms with Gasteiger partial charge in [-0.05, 0) is 43.9 Å². The maximum Gasteiger partial charge on any atom is 0.317 e. The number of nitrogens with zero attached hydrogens (tertiary/aromatic N) is 2. The van der Waals surface area contributed by atoms with Gasteiger partial charge >= 0.3 is 23.9 Å². The maximum atomic E-state index is 11.9. The molecule has 38 heavy (non-hydrogen) atoms. The third-order valence-electron chi connectivity index (χ3n) is 6.28. The van der Waals surface area contributed by atoms with Crippen molar-refractivity contribution < 1.29 is 44.4 Å². The largest absolute Gasteiger partial charge is 0.481 e. The molecule has 0 radical (unpaired) electrons. The first-order chi connectivity index (χ1) is 17.9. The van der Waals surface area contributed by atoms with E-state index >= 15 is 0 Å². The Morgan fingerprint density at radius 1 is 0.763 bits per heavy atom. The zero-order valence-corrected chi connectivity index (χ0v) is 22.0. The number of rotatable bonds is 20. The summed E-state index contributed by atoms with van der Waals surface area (Å²) in [5, 5.41) is 39.6. The molecule has 0 aliphatic rings. The van der Waals surface area contributed by atoms with Crippen molar-refractivity contribution in [2.45, 2.75) is 64.0 Å². The van der Waals surface area contributed by atoms with Gasteiger partial charge in [0.05, 0.1) is 19.6 Å². The Bertz CT molecular complexity index is 920. The molecule has 1 rings (SSSR count). The molecule has 0 saturated heterocycles. The average molecular weight is 538 g/mol. The van der Waals surface area contributed by atoms with E-state index in [9.17, 15) is 39.3 Å². The van der Waals surface area contributed by atoms with Crippen LogP contribution in [0.1, 0.15) is 61.4 Å². The molecule has 0 bridgehead atoms. The molecule has 0 spiro atoms. The highest BCUT2D eigenvalue weighted by Crippen LogP contribution is 2.17. The van der Waals surface area contributed by atoms with Crippen molar-refractivity contribution in [2.24, 2.45) is 0 Å². The number of aliphatic carboxylic acids is 4. The minimum atomic E-state index is -1.20. The van der Waals surface area contributed by atoms with Gasteiger partial charge in [0.2, 0.25) is 0 Å². The number of hydrogen-bond donors (Lipinski definition) is 5. The monoisotopic (exact) mass is 537 g/mol. The first-order valence-electron chi connectivity index (χ1n) is 12.6. The molecule has 2 unspecified atom stereocenters. The van der Waals surface area contributed by atoms with Crippen LogP contribution in [-0.2, 0) is 25.6 Å². The van der Waals surface area contributed by atoms with Crippen molar-refractivity contribution in [1.82, 2.24) is 15.1 Å². The van der Waals surface area contributed by atoms with Crippen molar-refractivity contribution in [2.75, 3.05) is 33.2 Å². The molecule has 0 aromatic heterocycles. The van der Waals surface area contributed by atoms with Crippen LogP contribution in [-0.4, -0.2) is 105 Å². The van der Waals surface area contributed by atoms with Crippen LogP contribution in [0.25, 0.3) is 0 Å². The van der Waals surface area contributed by atoms with Crippen LogP contribution in [0.3, 0.4) is 0 Å². The lowest BCUT2D eigenvalue weighted by Crippen LogP contribution is -2.51. The number of unbranched alkanes of at least 4 members (excludes halogenated alkanes) is 3. The number of carboxylic acid groups (broad SMARTS) is 4. The van der Waals surface area contributed by atoms with Gasteiger partial charge in [0.1, 0.15) is 0 Å². The standard InChI is InChI=1S/C26H39N3O9/c1-18(7-5-3-4-6-8-22(30)31)28(15-23(32)33)14-21(29(16-24(34)35)17-25(36)37)13-19-9-11-20(12-10-19)26(38)27-2/h9-12,18,21H,3-8,13-17H2,1-2H3,(H,27,38)(H,30,31)(H,32,33)(H,34,35)(H,36,37). The van der Waals surface area contributed by atoms with Crippen LogP contribution in [0, 0.1) is 0 Å². The molecule has 0 saturated carbocycles. The molecule has 1 aromatic rings. The summed E-state index contributed by atoms with van der Waals surface area (Å²) in [6, 6.07) is 5.82. The van der Waals surface area contributed by atoms with Crippen LogP contribution in [0.15, 0.2) is 24.3 Å². The van der Waals surface area contributed by atoms with Crippen LogP contribution >= 0.6 is 0 Å². The lowest BCUT2D eigenvalue weighted by molar-refractivity contribution is -0.144. The van der Waals surface area contributed by atoms with E-state index in [1.807, 2.05) is 6.92 Å². The predicted molar refractivity (Wildman–Crippen MR) is 138 cm³/mol. The number of hydrogen-bond acceptors (Lipinski definition) is 7. The smallest absolute Gasteiger partial charge is 0.317 e. The predicted octanol–water partition coefficient (Wildman–Crippen LogP) is 1.63. The van der Waals surface area contributed by atoms with E-state index in [-0.39, 0.29) is 37.9 Å². The van der Waals surface area contributed by atoms with E-state index in [0.29, 0.717) is 18.4 Å². The minimum Gasteiger partial charge on any atom is -0.481 e. The summed E-state index contributed by atoms with van der Waals surface area (Å²) in [5.41, 5.74) is 1.18. The van der Waals surface area contributed by atoms with Crippen molar-refractivity contribution in [3.8, 4) is 0 Å². The second-order valence-corrected chi connectivity index (χ2v) is 9.35. The van der Waals surface area contributed by atoms with Crippen LogP contribution in [0.5, 0.6) is 0 Å². The summed E-state index contributed by atoms with van der Waals surface area (Å²) in [7, 11) is 1.51. The Morgan fingerprint density at radius 2 is 1.29 bits per heavy atom. The van der Waals surface area contributed by atoms with Gasteiger partial charge in [-0.15, -0.1) is 0 Å². The van der Waals surface area contributed by atoms with Crippen LogP contribution in [0.4, 0.5) is 0 Å². The normalized spacial score (nSPS) is 12.7. The van der Waals surface area contributed by atoms with Gasteiger partial charge in [0.15, 0.2) is 0 Å². The molecule has 2 atom stereocenters. The molecule has 1 aromatic carbocycles. The number of carbonyl (C=O) groups is 5. The number of carbonyl (C=O) groups excluding carboxylic acids is 1. The highest BCUT2D eigenvalue weighted by atomic mass is 16.4. The van der Waals surface area contributed by atoms with E-state index in [1.165, 1.54) is 11.9 Å². The van der Waals surface area contributed by atoms with Crippen molar-refractivity contribution in [1.29, 1.82) is 0 Å². The van der Waals surface area contributed by atoms with E-state index in [1.54, 1.807) is 29.2 Å². The quantitative estimate of drug-likeness (QED) is 0.152. The average Bonchev–Trinajstić information content (AvgIpc) is 2.83. The van der Waals surface area contributed by atoms with Crippen LogP contribution in [0.2, 0.25) is 0 Å².